The molecular formula is C15H22N2O2. The lowest BCUT2D eigenvalue weighted by Crippen LogP contribution is -2.47. The van der Waals surface area contributed by atoms with Crippen LogP contribution in [-0.2, 0) is 11.3 Å². The number of benzene rings is 1. The van der Waals surface area contributed by atoms with Crippen LogP contribution in [0.5, 0.6) is 5.75 Å². The minimum absolute atomic E-state index is 0.0494. The van der Waals surface area contributed by atoms with Gasteiger partial charge in [-0.2, -0.15) is 0 Å². The SMILES string of the molecule is CN(Cc1cccc(O)c1)C(=O)C1(C)CCCC1N. The Kier molecular flexibility index (Phi) is 3.80. The van der Waals surface area contributed by atoms with Crippen LogP contribution in [0.2, 0.25) is 0 Å². The van der Waals surface area contributed by atoms with Crippen LogP contribution in [0.3, 0.4) is 0 Å². The molecule has 2 rings (SSSR count). The number of phenolic OH excluding ortho intramolecular Hbond substituents is 1. The Morgan fingerprint density at radius 2 is 2.32 bits per heavy atom. The van der Waals surface area contributed by atoms with Gasteiger partial charge in [-0.3, -0.25) is 4.79 Å². The average Bonchev–Trinajstić information content (AvgIpc) is 2.70. The lowest BCUT2D eigenvalue weighted by Gasteiger charge is -2.32. The number of hydrogen-bond donors (Lipinski definition) is 2. The molecule has 1 aromatic carbocycles. The van der Waals surface area contributed by atoms with Crippen molar-refractivity contribution in [1.29, 1.82) is 0 Å². The van der Waals surface area contributed by atoms with Gasteiger partial charge in [0.2, 0.25) is 5.91 Å². The van der Waals surface area contributed by atoms with E-state index in [0.29, 0.717) is 6.54 Å². The number of amides is 1. The van der Waals surface area contributed by atoms with Crippen molar-refractivity contribution in [2.75, 3.05) is 7.05 Å². The van der Waals surface area contributed by atoms with Gasteiger partial charge in [-0.1, -0.05) is 18.6 Å². The number of nitrogens with zero attached hydrogens (tertiary/aromatic N) is 1. The second kappa shape index (κ2) is 5.21. The Balaban J connectivity index is 2.07. The maximum atomic E-state index is 12.6. The lowest BCUT2D eigenvalue weighted by molar-refractivity contribution is -0.140. The van der Waals surface area contributed by atoms with Crippen LogP contribution in [0, 0.1) is 5.41 Å². The molecule has 1 amide bonds. The zero-order valence-electron chi connectivity index (χ0n) is 11.6. The van der Waals surface area contributed by atoms with E-state index in [0.717, 1.165) is 24.8 Å². The monoisotopic (exact) mass is 262 g/mol. The van der Waals surface area contributed by atoms with E-state index in [-0.39, 0.29) is 17.7 Å². The third-order valence-corrected chi connectivity index (χ3v) is 4.20. The molecule has 4 nitrogen and oxygen atoms in total. The van der Waals surface area contributed by atoms with Crippen molar-refractivity contribution in [2.24, 2.45) is 11.1 Å². The molecule has 0 aliphatic heterocycles. The first-order valence-electron chi connectivity index (χ1n) is 6.72. The number of hydrogen-bond acceptors (Lipinski definition) is 3. The summed E-state index contributed by atoms with van der Waals surface area (Å²) in [7, 11) is 1.79. The van der Waals surface area contributed by atoms with Crippen molar-refractivity contribution in [3.05, 3.63) is 29.8 Å². The van der Waals surface area contributed by atoms with Crippen molar-refractivity contribution in [2.45, 2.75) is 38.8 Å². The first-order chi connectivity index (χ1) is 8.93. The van der Waals surface area contributed by atoms with Crippen molar-refractivity contribution >= 4 is 5.91 Å². The summed E-state index contributed by atoms with van der Waals surface area (Å²) in [6.07, 6.45) is 2.79. The minimum Gasteiger partial charge on any atom is -0.508 e. The normalized spacial score (nSPS) is 26.4. The summed E-state index contributed by atoms with van der Waals surface area (Å²) < 4.78 is 0. The van der Waals surface area contributed by atoms with Crippen LogP contribution in [0.15, 0.2) is 24.3 Å². The molecule has 1 aliphatic rings. The highest BCUT2D eigenvalue weighted by Crippen LogP contribution is 2.38. The summed E-state index contributed by atoms with van der Waals surface area (Å²) >= 11 is 0. The Morgan fingerprint density at radius 1 is 1.58 bits per heavy atom. The minimum atomic E-state index is -0.439. The third kappa shape index (κ3) is 2.73. The Morgan fingerprint density at radius 3 is 2.89 bits per heavy atom. The highest BCUT2D eigenvalue weighted by Gasteiger charge is 2.44. The predicted molar refractivity (Wildman–Crippen MR) is 74.5 cm³/mol. The molecule has 4 heteroatoms. The van der Waals surface area contributed by atoms with Crippen LogP contribution in [0.4, 0.5) is 0 Å². The molecule has 0 radical (unpaired) electrons. The summed E-state index contributed by atoms with van der Waals surface area (Å²) in [6.45, 7) is 2.46. The Hall–Kier alpha value is -1.55. The van der Waals surface area contributed by atoms with E-state index in [9.17, 15) is 9.90 Å². The van der Waals surface area contributed by atoms with E-state index in [4.69, 9.17) is 5.73 Å². The van der Waals surface area contributed by atoms with E-state index < -0.39 is 5.41 Å². The molecule has 2 unspecified atom stereocenters. The van der Waals surface area contributed by atoms with E-state index in [1.54, 1.807) is 30.1 Å². The first-order valence-corrected chi connectivity index (χ1v) is 6.72. The fourth-order valence-corrected chi connectivity index (χ4v) is 2.90. The molecule has 0 spiro atoms. The molecule has 1 aromatic rings. The molecule has 19 heavy (non-hydrogen) atoms. The van der Waals surface area contributed by atoms with Crippen molar-refractivity contribution < 1.29 is 9.90 Å². The van der Waals surface area contributed by atoms with Gasteiger partial charge in [0, 0.05) is 19.6 Å². The summed E-state index contributed by atoms with van der Waals surface area (Å²) in [4.78, 5) is 14.3. The molecule has 104 valence electrons. The number of nitrogens with two attached hydrogens (primary N) is 1. The maximum absolute atomic E-state index is 12.6. The lowest BCUT2D eigenvalue weighted by atomic mass is 9.83. The van der Waals surface area contributed by atoms with Crippen molar-refractivity contribution in [1.82, 2.24) is 4.90 Å². The number of carbonyl (C=O) groups is 1. The van der Waals surface area contributed by atoms with Gasteiger partial charge in [-0.25, -0.2) is 0 Å². The summed E-state index contributed by atoms with van der Waals surface area (Å²) in [6, 6.07) is 6.94. The molecule has 0 saturated heterocycles. The maximum Gasteiger partial charge on any atom is 0.230 e. The number of phenols is 1. The van der Waals surface area contributed by atoms with Gasteiger partial charge in [0.1, 0.15) is 5.75 Å². The van der Waals surface area contributed by atoms with Gasteiger partial charge < -0.3 is 15.7 Å². The molecule has 1 fully saturated rings. The summed E-state index contributed by atoms with van der Waals surface area (Å²) in [5, 5.41) is 9.45. The summed E-state index contributed by atoms with van der Waals surface area (Å²) in [5.41, 5.74) is 6.57. The summed E-state index contributed by atoms with van der Waals surface area (Å²) in [5.74, 6) is 0.322. The molecule has 0 bridgehead atoms. The topological polar surface area (TPSA) is 66.6 Å². The third-order valence-electron chi connectivity index (χ3n) is 4.20. The fourth-order valence-electron chi connectivity index (χ4n) is 2.90. The van der Waals surface area contributed by atoms with E-state index >= 15 is 0 Å². The van der Waals surface area contributed by atoms with E-state index in [1.807, 2.05) is 13.0 Å². The average molecular weight is 262 g/mol. The van der Waals surface area contributed by atoms with Crippen molar-refractivity contribution in [3.8, 4) is 5.75 Å². The van der Waals surface area contributed by atoms with Crippen LogP contribution in [0.1, 0.15) is 31.7 Å². The van der Waals surface area contributed by atoms with E-state index in [2.05, 4.69) is 0 Å². The van der Waals surface area contributed by atoms with Crippen LogP contribution < -0.4 is 5.73 Å². The van der Waals surface area contributed by atoms with Gasteiger partial charge >= 0.3 is 0 Å². The molecular weight excluding hydrogens is 240 g/mol. The zero-order valence-corrected chi connectivity index (χ0v) is 11.6. The molecule has 2 atom stereocenters. The van der Waals surface area contributed by atoms with Gasteiger partial charge in [0.15, 0.2) is 0 Å². The van der Waals surface area contributed by atoms with Gasteiger partial charge in [-0.15, -0.1) is 0 Å². The second-order valence-electron chi connectivity index (χ2n) is 5.75. The predicted octanol–water partition coefficient (Wildman–Crippen LogP) is 1.87. The van der Waals surface area contributed by atoms with Crippen LogP contribution in [0.25, 0.3) is 0 Å². The Labute approximate surface area is 114 Å². The Bertz CT molecular complexity index is 475. The molecule has 0 aromatic heterocycles. The molecule has 0 heterocycles. The van der Waals surface area contributed by atoms with Crippen LogP contribution >= 0.6 is 0 Å². The largest absolute Gasteiger partial charge is 0.508 e. The van der Waals surface area contributed by atoms with Gasteiger partial charge in [-0.05, 0) is 37.5 Å². The number of carbonyl (C=O) groups excluding carboxylic acids is 1. The van der Waals surface area contributed by atoms with Gasteiger partial charge in [0.05, 0.1) is 5.41 Å². The number of rotatable bonds is 3. The zero-order chi connectivity index (χ0) is 14.0. The smallest absolute Gasteiger partial charge is 0.230 e. The van der Waals surface area contributed by atoms with Crippen LogP contribution in [-0.4, -0.2) is 29.0 Å². The highest BCUT2D eigenvalue weighted by atomic mass is 16.3. The van der Waals surface area contributed by atoms with Gasteiger partial charge in [0.25, 0.3) is 0 Å². The fraction of sp³-hybridized carbons (Fsp3) is 0.533. The van der Waals surface area contributed by atoms with E-state index in [1.165, 1.54) is 0 Å². The molecule has 3 N–H and O–H groups in total. The van der Waals surface area contributed by atoms with Crippen molar-refractivity contribution in [3.63, 3.8) is 0 Å². The quantitative estimate of drug-likeness (QED) is 0.874. The number of aromatic hydroxyl groups is 1. The standard InChI is InChI=1S/C15H22N2O2/c1-15(8-4-7-13(15)16)14(19)17(2)10-11-5-3-6-12(18)9-11/h3,5-6,9,13,18H,4,7-8,10,16H2,1-2H3. The second-order valence-corrected chi connectivity index (χ2v) is 5.75. The molecule has 1 aliphatic carbocycles. The highest BCUT2D eigenvalue weighted by molar-refractivity contribution is 5.83. The molecule has 1 saturated carbocycles. The first kappa shape index (κ1) is 13.9.